The number of hydrogen-bond donors (Lipinski definition) is 2. The third kappa shape index (κ3) is 8.28. The number of methoxy groups -OCH3 is 1. The molecule has 0 saturated carbocycles. The second-order valence-corrected chi connectivity index (χ2v) is 20.5. The summed E-state index contributed by atoms with van der Waals surface area (Å²) in [6, 6.07) is 9.19. The topological polar surface area (TPSA) is 140 Å². The van der Waals surface area contributed by atoms with Crippen molar-refractivity contribution < 1.29 is 23.6 Å². The van der Waals surface area contributed by atoms with Crippen molar-refractivity contribution in [1.29, 1.82) is 0 Å². The molecule has 2 N–H and O–H groups in total. The van der Waals surface area contributed by atoms with Crippen LogP contribution in [0.5, 0.6) is 5.75 Å². The minimum Gasteiger partial charge on any atom is -0.598 e. The lowest BCUT2D eigenvalue weighted by molar-refractivity contribution is 0.0401. The van der Waals surface area contributed by atoms with Crippen molar-refractivity contribution in [1.82, 2.24) is 29.5 Å². The van der Waals surface area contributed by atoms with Gasteiger partial charge in [0.1, 0.15) is 17.1 Å². The molecule has 0 aliphatic heterocycles. The highest BCUT2D eigenvalue weighted by Gasteiger charge is 2.38. The predicted molar refractivity (Wildman–Crippen MR) is 180 cm³/mol. The molecule has 0 saturated heterocycles. The fourth-order valence-electron chi connectivity index (χ4n) is 4.07. The maximum absolute atomic E-state index is 12.8. The lowest BCUT2D eigenvalue weighted by Gasteiger charge is -2.36. The Morgan fingerprint density at radius 2 is 1.73 bits per heavy atom. The van der Waals surface area contributed by atoms with Crippen LogP contribution in [0.25, 0.3) is 28.0 Å². The Bertz CT molecular complexity index is 1620. The number of nitrogens with one attached hydrogen (secondary N) is 1. The first-order valence-electron chi connectivity index (χ1n) is 14.9. The molecule has 0 amide bonds. The van der Waals surface area contributed by atoms with Crippen LogP contribution in [0.2, 0.25) is 18.1 Å². The van der Waals surface area contributed by atoms with Crippen LogP contribution in [-0.4, -0.2) is 67.8 Å². The number of benzene rings is 1. The fraction of sp³-hybridized carbons (Fsp3) is 0.500. The lowest BCUT2D eigenvalue weighted by atomic mass is 10.1. The van der Waals surface area contributed by atoms with Crippen LogP contribution in [0.3, 0.4) is 0 Å². The van der Waals surface area contributed by atoms with E-state index in [2.05, 4.69) is 48.7 Å². The van der Waals surface area contributed by atoms with Gasteiger partial charge in [-0.2, -0.15) is 5.10 Å². The van der Waals surface area contributed by atoms with E-state index in [4.69, 9.17) is 23.9 Å². The Labute approximate surface area is 270 Å². The van der Waals surface area contributed by atoms with E-state index in [0.717, 1.165) is 16.5 Å². The van der Waals surface area contributed by atoms with Crippen molar-refractivity contribution in [2.24, 2.45) is 0 Å². The number of aromatic nitrogens is 5. The molecular weight excluding hydrogens is 609 g/mol. The van der Waals surface area contributed by atoms with E-state index in [-0.39, 0.29) is 5.04 Å². The second-order valence-electron chi connectivity index (χ2n) is 13.7. The zero-order valence-corrected chi connectivity index (χ0v) is 29.8. The summed E-state index contributed by atoms with van der Waals surface area (Å²) in [6.07, 6.45) is 5.12. The summed E-state index contributed by atoms with van der Waals surface area (Å²) < 4.78 is 34.5. The number of aliphatic hydroxyl groups is 1. The Balaban J connectivity index is 1.75. The summed E-state index contributed by atoms with van der Waals surface area (Å²) in [7, 11) is -0.363. The van der Waals surface area contributed by atoms with Crippen LogP contribution < -0.4 is 9.46 Å². The molecular formula is C32H46N6O5SSi. The van der Waals surface area contributed by atoms with E-state index in [1.165, 1.54) is 0 Å². The van der Waals surface area contributed by atoms with Gasteiger partial charge in [-0.15, -0.1) is 4.72 Å². The Morgan fingerprint density at radius 1 is 1.00 bits per heavy atom. The summed E-state index contributed by atoms with van der Waals surface area (Å²) >= 11 is -1.52. The first kappa shape index (κ1) is 35.0. The number of nitrogens with zero attached hydrogens (tertiary/aromatic N) is 5. The van der Waals surface area contributed by atoms with Gasteiger partial charge in [0, 0.05) is 24.0 Å². The monoisotopic (exact) mass is 654 g/mol. The van der Waals surface area contributed by atoms with Crippen molar-refractivity contribution in [2.45, 2.75) is 83.7 Å². The van der Waals surface area contributed by atoms with E-state index >= 15 is 0 Å². The molecule has 3 aromatic heterocycles. The molecule has 13 heteroatoms. The van der Waals surface area contributed by atoms with Crippen LogP contribution >= 0.6 is 0 Å². The van der Waals surface area contributed by atoms with Crippen molar-refractivity contribution in [2.75, 3.05) is 20.3 Å². The zero-order chi connectivity index (χ0) is 33.2. The van der Waals surface area contributed by atoms with Gasteiger partial charge in [0.05, 0.1) is 59.8 Å². The van der Waals surface area contributed by atoms with E-state index < -0.39 is 30.2 Å². The van der Waals surface area contributed by atoms with Crippen LogP contribution in [0.15, 0.2) is 48.9 Å². The van der Waals surface area contributed by atoms with E-state index in [0.29, 0.717) is 48.5 Å². The summed E-state index contributed by atoms with van der Waals surface area (Å²) in [5.74, 6) is 1.14. The van der Waals surface area contributed by atoms with Gasteiger partial charge in [-0.3, -0.25) is 4.98 Å². The molecule has 3 heterocycles. The molecule has 0 bridgehead atoms. The normalized spacial score (nSPS) is 14.8. The van der Waals surface area contributed by atoms with Crippen molar-refractivity contribution in [3.63, 3.8) is 0 Å². The van der Waals surface area contributed by atoms with Gasteiger partial charge in [0.2, 0.25) is 0 Å². The predicted octanol–water partition coefficient (Wildman–Crippen LogP) is 5.64. The summed E-state index contributed by atoms with van der Waals surface area (Å²) in [5, 5.41) is 16.8. The molecule has 1 aromatic carbocycles. The Morgan fingerprint density at radius 3 is 2.40 bits per heavy atom. The maximum atomic E-state index is 12.8. The minimum atomic E-state index is -1.98. The fourth-order valence-corrected chi connectivity index (χ4v) is 5.78. The van der Waals surface area contributed by atoms with Gasteiger partial charge in [-0.05, 0) is 70.1 Å². The molecule has 244 valence electrons. The van der Waals surface area contributed by atoms with E-state index in [9.17, 15) is 9.66 Å². The first-order chi connectivity index (χ1) is 20.9. The van der Waals surface area contributed by atoms with E-state index in [1.54, 1.807) is 49.4 Å². The van der Waals surface area contributed by atoms with Gasteiger partial charge < -0.3 is 23.6 Å². The largest absolute Gasteiger partial charge is 0.598 e. The van der Waals surface area contributed by atoms with Gasteiger partial charge in [-0.1, -0.05) is 26.8 Å². The smallest absolute Gasteiger partial charge is 0.197 e. The third-order valence-corrected chi connectivity index (χ3v) is 14.0. The van der Waals surface area contributed by atoms with E-state index in [1.807, 2.05) is 39.0 Å². The molecule has 0 spiro atoms. The molecule has 0 radical (unpaired) electrons. The van der Waals surface area contributed by atoms with Gasteiger partial charge in [0.15, 0.2) is 19.9 Å². The van der Waals surface area contributed by atoms with Gasteiger partial charge >= 0.3 is 0 Å². The lowest BCUT2D eigenvalue weighted by Crippen LogP contribution is -2.50. The number of fused-ring (bicyclic) bond motifs is 1. The minimum absolute atomic E-state index is 0.0738. The highest BCUT2D eigenvalue weighted by Crippen LogP contribution is 2.37. The van der Waals surface area contributed by atoms with Crippen molar-refractivity contribution in [3.8, 4) is 22.8 Å². The highest BCUT2D eigenvalue weighted by molar-refractivity contribution is 7.90. The Hall–Kier alpha value is -2.91. The highest BCUT2D eigenvalue weighted by atomic mass is 32.2. The average molecular weight is 655 g/mol. The standard InChI is InChI=1S/C32H46N6O5SSi/c1-30(2,3)44(40)37-32(7,39)28-13-11-12-25(36-28)22-16-26-24(27(17-22)42-15-14-41-8)19-34-38(26)29-20-33-18-23(35-29)21-43-45(9,10)31(4,5)6/h11-13,16-20,37,39H,14-15,21H2,1-10H3/t32-,44+/m0/s1. The molecule has 45 heavy (non-hydrogen) atoms. The average Bonchev–Trinajstić information content (AvgIpc) is 3.39. The number of rotatable bonds is 12. The molecule has 0 fully saturated rings. The molecule has 4 rings (SSSR count). The molecule has 4 aromatic rings. The number of hydrogen-bond acceptors (Lipinski definition) is 10. The van der Waals surface area contributed by atoms with Gasteiger partial charge in [-0.25, -0.2) is 14.6 Å². The number of pyridine rings is 1. The second kappa shape index (κ2) is 13.4. The Kier molecular flexibility index (Phi) is 10.4. The SMILES string of the molecule is COCCOc1cc(-c2cccc([C@](C)(O)N[S@+]([O-])C(C)(C)C)n2)cc2c1cnn2-c1cncc(CO[Si](C)(C)C(C)(C)C)n1. The molecule has 0 aliphatic rings. The number of ether oxygens (including phenoxy) is 2. The quantitative estimate of drug-likeness (QED) is 0.0854. The molecule has 2 atom stereocenters. The van der Waals surface area contributed by atoms with Crippen molar-refractivity contribution >= 4 is 30.6 Å². The molecule has 0 aliphatic carbocycles. The van der Waals surface area contributed by atoms with Crippen LogP contribution in [0, 0.1) is 0 Å². The first-order valence-corrected chi connectivity index (χ1v) is 19.0. The third-order valence-electron chi connectivity index (χ3n) is 7.86. The zero-order valence-electron chi connectivity index (χ0n) is 28.0. The maximum Gasteiger partial charge on any atom is 0.197 e. The van der Waals surface area contributed by atoms with Crippen LogP contribution in [0.1, 0.15) is 59.9 Å². The molecule has 0 unspecified atom stereocenters. The molecule has 11 nitrogen and oxygen atoms in total. The van der Waals surface area contributed by atoms with Crippen LogP contribution in [-0.2, 0) is 32.9 Å². The summed E-state index contributed by atoms with van der Waals surface area (Å²) in [4.78, 5) is 14.1. The van der Waals surface area contributed by atoms with Crippen LogP contribution in [0.4, 0.5) is 0 Å². The summed E-state index contributed by atoms with van der Waals surface area (Å²) in [6.45, 7) is 19.2. The van der Waals surface area contributed by atoms with Gasteiger partial charge in [0.25, 0.3) is 0 Å². The summed E-state index contributed by atoms with van der Waals surface area (Å²) in [5.41, 5.74) is 1.46. The van der Waals surface area contributed by atoms with Crippen molar-refractivity contribution in [3.05, 3.63) is 60.3 Å².